The molecule has 3 heteroatoms. The molecule has 21 heavy (non-hydrogen) atoms. The van der Waals surface area contributed by atoms with E-state index < -0.39 is 0 Å². The van der Waals surface area contributed by atoms with Crippen LogP contribution in [0.25, 0.3) is 0 Å². The molecule has 1 atom stereocenters. The first-order chi connectivity index (χ1) is 9.93. The van der Waals surface area contributed by atoms with Crippen molar-refractivity contribution in [3.63, 3.8) is 0 Å². The average molecular weight is 294 g/mol. The molecule has 1 aromatic rings. The molecule has 0 heterocycles. The molecule has 1 aromatic carbocycles. The van der Waals surface area contributed by atoms with Crippen LogP contribution in [0.1, 0.15) is 46.2 Å². The summed E-state index contributed by atoms with van der Waals surface area (Å²) in [5.41, 5.74) is 0.775. The van der Waals surface area contributed by atoms with Crippen LogP contribution in [0.4, 0.5) is 4.39 Å². The summed E-state index contributed by atoms with van der Waals surface area (Å²) in [7, 11) is 0. The highest BCUT2D eigenvalue weighted by molar-refractivity contribution is 5.21. The summed E-state index contributed by atoms with van der Waals surface area (Å²) in [4.78, 5) is 2.45. The Morgan fingerprint density at radius 2 is 1.57 bits per heavy atom. The highest BCUT2D eigenvalue weighted by Gasteiger charge is 2.19. The van der Waals surface area contributed by atoms with Crippen LogP contribution < -0.4 is 5.32 Å². The number of hydrogen-bond acceptors (Lipinski definition) is 2. The largest absolute Gasteiger partial charge is 0.309 e. The Balaban J connectivity index is 2.85. The molecule has 2 nitrogen and oxygen atoms in total. The van der Waals surface area contributed by atoms with Gasteiger partial charge in [0.25, 0.3) is 0 Å². The zero-order chi connectivity index (χ0) is 15.8. The molecular weight excluding hydrogens is 263 g/mol. The molecule has 0 aromatic heterocycles. The topological polar surface area (TPSA) is 15.3 Å². The second-order valence-corrected chi connectivity index (χ2v) is 6.64. The van der Waals surface area contributed by atoms with E-state index >= 15 is 0 Å². The fraction of sp³-hybridized carbons (Fsp3) is 0.667. The molecular formula is C18H31FN2. The molecule has 1 unspecified atom stereocenters. The van der Waals surface area contributed by atoms with Crippen LogP contribution in [0.5, 0.6) is 0 Å². The third kappa shape index (κ3) is 6.58. The number of rotatable bonds is 9. The van der Waals surface area contributed by atoms with Crippen molar-refractivity contribution in [3.05, 3.63) is 35.6 Å². The maximum atomic E-state index is 14.1. The molecule has 0 saturated heterocycles. The zero-order valence-electron chi connectivity index (χ0n) is 14.2. The SMILES string of the molecule is CCNC(CN(CC(C)C)CC(C)C)c1ccccc1F. The number of halogens is 1. The highest BCUT2D eigenvalue weighted by Crippen LogP contribution is 2.19. The van der Waals surface area contributed by atoms with Gasteiger partial charge in [-0.3, -0.25) is 0 Å². The van der Waals surface area contributed by atoms with Crippen molar-refractivity contribution in [1.29, 1.82) is 0 Å². The van der Waals surface area contributed by atoms with Crippen molar-refractivity contribution in [2.45, 2.75) is 40.7 Å². The molecule has 0 aliphatic rings. The quantitative estimate of drug-likeness (QED) is 0.738. The van der Waals surface area contributed by atoms with E-state index in [1.165, 1.54) is 0 Å². The number of nitrogens with zero attached hydrogens (tertiary/aromatic N) is 1. The summed E-state index contributed by atoms with van der Waals surface area (Å²) in [6.07, 6.45) is 0. The van der Waals surface area contributed by atoms with Gasteiger partial charge >= 0.3 is 0 Å². The molecule has 0 fully saturated rings. The van der Waals surface area contributed by atoms with Gasteiger partial charge in [0, 0.05) is 31.2 Å². The Hall–Kier alpha value is -0.930. The normalized spacial score (nSPS) is 13.4. The van der Waals surface area contributed by atoms with Gasteiger partial charge in [0.15, 0.2) is 0 Å². The standard InChI is InChI=1S/C18H31FN2/c1-6-20-18(16-9-7-8-10-17(16)19)13-21(11-14(2)3)12-15(4)5/h7-10,14-15,18,20H,6,11-13H2,1-5H3. The lowest BCUT2D eigenvalue weighted by molar-refractivity contribution is 0.196. The maximum Gasteiger partial charge on any atom is 0.128 e. The van der Waals surface area contributed by atoms with E-state index in [2.05, 4.69) is 44.8 Å². The fourth-order valence-electron chi connectivity index (χ4n) is 2.79. The van der Waals surface area contributed by atoms with Crippen LogP contribution in [0.3, 0.4) is 0 Å². The Morgan fingerprint density at radius 1 is 1.00 bits per heavy atom. The first kappa shape index (κ1) is 18.1. The minimum Gasteiger partial charge on any atom is -0.309 e. The second kappa shape index (κ2) is 9.16. The molecule has 0 saturated carbocycles. The monoisotopic (exact) mass is 294 g/mol. The van der Waals surface area contributed by atoms with E-state index in [1.807, 2.05) is 12.1 Å². The summed E-state index contributed by atoms with van der Waals surface area (Å²) in [5.74, 6) is 1.12. The minimum absolute atomic E-state index is 0.0497. The highest BCUT2D eigenvalue weighted by atomic mass is 19.1. The second-order valence-electron chi connectivity index (χ2n) is 6.64. The molecule has 0 aliphatic carbocycles. The minimum atomic E-state index is -0.113. The summed E-state index contributed by atoms with van der Waals surface area (Å²) < 4.78 is 14.1. The van der Waals surface area contributed by atoms with E-state index in [9.17, 15) is 4.39 Å². The molecule has 1 rings (SSSR count). The molecule has 120 valence electrons. The summed E-state index contributed by atoms with van der Waals surface area (Å²) in [6, 6.07) is 7.16. The lowest BCUT2D eigenvalue weighted by atomic mass is 10.0. The van der Waals surface area contributed by atoms with Gasteiger partial charge in [-0.05, 0) is 24.4 Å². The fourth-order valence-corrected chi connectivity index (χ4v) is 2.79. The lowest BCUT2D eigenvalue weighted by Gasteiger charge is -2.31. The van der Waals surface area contributed by atoms with Gasteiger partial charge in [0.2, 0.25) is 0 Å². The third-order valence-electron chi connectivity index (χ3n) is 3.42. The number of benzene rings is 1. The zero-order valence-corrected chi connectivity index (χ0v) is 14.2. The van der Waals surface area contributed by atoms with Gasteiger partial charge in [-0.25, -0.2) is 4.39 Å². The van der Waals surface area contributed by atoms with Gasteiger partial charge < -0.3 is 10.2 Å². The van der Waals surface area contributed by atoms with E-state index in [0.717, 1.165) is 31.7 Å². The number of likely N-dealkylation sites (N-methyl/N-ethyl adjacent to an activating group) is 1. The summed E-state index contributed by atoms with van der Waals surface area (Å²) >= 11 is 0. The van der Waals surface area contributed by atoms with Crippen molar-refractivity contribution in [3.8, 4) is 0 Å². The predicted molar refractivity (Wildman–Crippen MR) is 88.9 cm³/mol. The first-order valence-electron chi connectivity index (χ1n) is 8.14. The van der Waals surface area contributed by atoms with Crippen LogP contribution in [0.15, 0.2) is 24.3 Å². The van der Waals surface area contributed by atoms with Crippen molar-refractivity contribution in [2.75, 3.05) is 26.2 Å². The van der Waals surface area contributed by atoms with Gasteiger partial charge in [-0.1, -0.05) is 52.8 Å². The average Bonchev–Trinajstić information content (AvgIpc) is 2.37. The van der Waals surface area contributed by atoms with Crippen molar-refractivity contribution < 1.29 is 4.39 Å². The van der Waals surface area contributed by atoms with Crippen molar-refractivity contribution >= 4 is 0 Å². The Bertz CT molecular complexity index is 394. The van der Waals surface area contributed by atoms with E-state index in [1.54, 1.807) is 12.1 Å². The predicted octanol–water partition coefficient (Wildman–Crippen LogP) is 4.09. The van der Waals surface area contributed by atoms with Gasteiger partial charge in [0.1, 0.15) is 5.82 Å². The maximum absolute atomic E-state index is 14.1. The summed E-state index contributed by atoms with van der Waals surface area (Å²) in [5, 5.41) is 3.44. The Morgan fingerprint density at radius 3 is 2.05 bits per heavy atom. The van der Waals surface area contributed by atoms with Gasteiger partial charge in [-0.2, -0.15) is 0 Å². The van der Waals surface area contributed by atoms with Crippen molar-refractivity contribution in [1.82, 2.24) is 10.2 Å². The van der Waals surface area contributed by atoms with E-state index in [-0.39, 0.29) is 11.9 Å². The first-order valence-corrected chi connectivity index (χ1v) is 8.14. The molecule has 1 N–H and O–H groups in total. The number of hydrogen-bond donors (Lipinski definition) is 1. The molecule has 0 radical (unpaired) electrons. The van der Waals surface area contributed by atoms with E-state index in [4.69, 9.17) is 0 Å². The van der Waals surface area contributed by atoms with Crippen LogP contribution in [-0.2, 0) is 0 Å². The third-order valence-corrected chi connectivity index (χ3v) is 3.42. The Labute approximate surface area is 129 Å². The molecule has 0 spiro atoms. The lowest BCUT2D eigenvalue weighted by Crippen LogP contribution is -2.39. The van der Waals surface area contributed by atoms with Crippen LogP contribution in [-0.4, -0.2) is 31.1 Å². The van der Waals surface area contributed by atoms with Gasteiger partial charge in [-0.15, -0.1) is 0 Å². The summed E-state index contributed by atoms with van der Waals surface area (Å²) in [6.45, 7) is 14.8. The van der Waals surface area contributed by atoms with E-state index in [0.29, 0.717) is 11.8 Å². The molecule has 0 aliphatic heterocycles. The number of nitrogens with one attached hydrogen (secondary N) is 1. The van der Waals surface area contributed by atoms with Crippen LogP contribution in [0.2, 0.25) is 0 Å². The van der Waals surface area contributed by atoms with Crippen LogP contribution in [0, 0.1) is 17.7 Å². The van der Waals surface area contributed by atoms with Crippen molar-refractivity contribution in [2.24, 2.45) is 11.8 Å². The van der Waals surface area contributed by atoms with Crippen LogP contribution >= 0.6 is 0 Å². The molecule has 0 amide bonds. The van der Waals surface area contributed by atoms with Gasteiger partial charge in [0.05, 0.1) is 0 Å². The Kier molecular flexibility index (Phi) is 7.91. The smallest absolute Gasteiger partial charge is 0.128 e. The molecule has 0 bridgehead atoms.